The highest BCUT2D eigenvalue weighted by Gasteiger charge is 2.43. The molecule has 5 rings (SSSR count). The largest absolute Gasteiger partial charge is 0.465 e. The van der Waals surface area contributed by atoms with Gasteiger partial charge in [0.15, 0.2) is 0 Å². The normalized spacial score (nSPS) is 17.7. The first-order chi connectivity index (χ1) is 19.0. The maximum absolute atomic E-state index is 13.0. The molecule has 1 aliphatic heterocycles. The van der Waals surface area contributed by atoms with E-state index in [2.05, 4.69) is 23.5 Å². The van der Waals surface area contributed by atoms with Crippen molar-refractivity contribution in [3.63, 3.8) is 0 Å². The van der Waals surface area contributed by atoms with Crippen molar-refractivity contribution in [2.75, 3.05) is 27.4 Å². The number of nitrogens with one attached hydrogen (secondary N) is 1. The molecule has 3 aromatic rings. The number of methoxy groups -OCH3 is 2. The SMILES string of the molecule is COCCC(=O)N1CCc2c(-c3cccc(C(=O)OC)c3)ccc(CNC(=O)[C@H]3C[C@@H]3c3ccccc3)c2C1. The summed E-state index contributed by atoms with van der Waals surface area (Å²) in [6.07, 6.45) is 1.89. The average Bonchev–Trinajstić information content (AvgIpc) is 3.79. The van der Waals surface area contributed by atoms with Gasteiger partial charge in [0.1, 0.15) is 0 Å². The van der Waals surface area contributed by atoms with Gasteiger partial charge in [-0.05, 0) is 64.3 Å². The second-order valence-corrected chi connectivity index (χ2v) is 10.2. The molecule has 0 spiro atoms. The van der Waals surface area contributed by atoms with E-state index in [1.165, 1.54) is 12.7 Å². The van der Waals surface area contributed by atoms with Crippen molar-refractivity contribution in [1.82, 2.24) is 10.2 Å². The van der Waals surface area contributed by atoms with Crippen LogP contribution in [0.1, 0.15) is 51.4 Å². The average molecular weight is 527 g/mol. The van der Waals surface area contributed by atoms with Crippen molar-refractivity contribution in [1.29, 1.82) is 0 Å². The third-order valence-corrected chi connectivity index (χ3v) is 7.78. The summed E-state index contributed by atoms with van der Waals surface area (Å²) >= 11 is 0. The van der Waals surface area contributed by atoms with E-state index in [-0.39, 0.29) is 29.6 Å². The highest BCUT2D eigenvalue weighted by Crippen LogP contribution is 2.47. The minimum absolute atomic E-state index is 0.00400. The summed E-state index contributed by atoms with van der Waals surface area (Å²) in [4.78, 5) is 39.9. The lowest BCUT2D eigenvalue weighted by Gasteiger charge is -2.32. The molecule has 2 aliphatic rings. The molecule has 3 aromatic carbocycles. The van der Waals surface area contributed by atoms with Gasteiger partial charge in [-0.25, -0.2) is 4.79 Å². The van der Waals surface area contributed by atoms with E-state index in [1.54, 1.807) is 13.2 Å². The van der Waals surface area contributed by atoms with Crippen molar-refractivity contribution in [3.8, 4) is 11.1 Å². The Balaban J connectivity index is 1.39. The van der Waals surface area contributed by atoms with Gasteiger partial charge >= 0.3 is 5.97 Å². The van der Waals surface area contributed by atoms with E-state index in [9.17, 15) is 14.4 Å². The van der Waals surface area contributed by atoms with Gasteiger partial charge in [-0.15, -0.1) is 0 Å². The van der Waals surface area contributed by atoms with Crippen molar-refractivity contribution < 1.29 is 23.9 Å². The highest BCUT2D eigenvalue weighted by molar-refractivity contribution is 5.91. The number of rotatable bonds is 9. The topological polar surface area (TPSA) is 84.9 Å². The van der Waals surface area contributed by atoms with Gasteiger partial charge in [0.05, 0.1) is 25.7 Å². The monoisotopic (exact) mass is 526 g/mol. The molecule has 0 saturated heterocycles. The Hall–Kier alpha value is -3.97. The van der Waals surface area contributed by atoms with Crippen LogP contribution in [0.3, 0.4) is 0 Å². The Labute approximate surface area is 229 Å². The second kappa shape index (κ2) is 11.8. The molecule has 39 heavy (non-hydrogen) atoms. The van der Waals surface area contributed by atoms with Crippen LogP contribution in [0.15, 0.2) is 66.7 Å². The number of fused-ring (bicyclic) bond motifs is 1. The molecule has 1 heterocycles. The van der Waals surface area contributed by atoms with Crippen molar-refractivity contribution in [2.45, 2.75) is 38.3 Å². The number of ether oxygens (including phenoxy) is 2. The number of hydrogen-bond acceptors (Lipinski definition) is 5. The van der Waals surface area contributed by atoms with Crippen molar-refractivity contribution in [3.05, 3.63) is 94.5 Å². The molecule has 0 unspecified atom stereocenters. The molecule has 202 valence electrons. The van der Waals surface area contributed by atoms with Gasteiger partial charge in [-0.1, -0.05) is 54.6 Å². The second-order valence-electron chi connectivity index (χ2n) is 10.2. The van der Waals surface area contributed by atoms with E-state index in [1.807, 2.05) is 47.4 Å². The lowest BCUT2D eigenvalue weighted by atomic mass is 9.87. The van der Waals surface area contributed by atoms with Crippen LogP contribution in [0.2, 0.25) is 0 Å². The molecule has 1 N–H and O–H groups in total. The highest BCUT2D eigenvalue weighted by atomic mass is 16.5. The first-order valence-electron chi connectivity index (χ1n) is 13.4. The predicted octanol–water partition coefficient (Wildman–Crippen LogP) is 4.48. The van der Waals surface area contributed by atoms with Crippen LogP contribution in [0.4, 0.5) is 0 Å². The summed E-state index contributed by atoms with van der Waals surface area (Å²) in [5.41, 5.74) is 6.86. The van der Waals surface area contributed by atoms with E-state index in [4.69, 9.17) is 9.47 Å². The zero-order valence-electron chi connectivity index (χ0n) is 22.4. The minimum Gasteiger partial charge on any atom is -0.465 e. The van der Waals surface area contributed by atoms with E-state index >= 15 is 0 Å². The zero-order valence-corrected chi connectivity index (χ0v) is 22.4. The molecule has 7 heteroatoms. The molecule has 1 saturated carbocycles. The van der Waals surface area contributed by atoms with Crippen LogP contribution < -0.4 is 5.32 Å². The molecule has 0 radical (unpaired) electrons. The molecule has 2 atom stereocenters. The Kier molecular flexibility index (Phi) is 8.07. The maximum Gasteiger partial charge on any atom is 0.337 e. The lowest BCUT2D eigenvalue weighted by Crippen LogP contribution is -2.37. The third kappa shape index (κ3) is 5.88. The van der Waals surface area contributed by atoms with Crippen LogP contribution in [-0.4, -0.2) is 50.1 Å². The fourth-order valence-electron chi connectivity index (χ4n) is 5.54. The lowest BCUT2D eigenvalue weighted by molar-refractivity contribution is -0.133. The molecular weight excluding hydrogens is 492 g/mol. The Morgan fingerprint density at radius 3 is 2.56 bits per heavy atom. The van der Waals surface area contributed by atoms with Gasteiger partial charge in [0, 0.05) is 32.7 Å². The Bertz CT molecular complexity index is 1370. The van der Waals surface area contributed by atoms with Crippen LogP contribution >= 0.6 is 0 Å². The van der Waals surface area contributed by atoms with E-state index in [0.29, 0.717) is 44.6 Å². The smallest absolute Gasteiger partial charge is 0.337 e. The van der Waals surface area contributed by atoms with Gasteiger partial charge in [-0.3, -0.25) is 9.59 Å². The van der Waals surface area contributed by atoms with Crippen LogP contribution in [0.5, 0.6) is 0 Å². The number of benzene rings is 3. The summed E-state index contributed by atoms with van der Waals surface area (Å²) in [5.74, 6) is 0.0126. The van der Waals surface area contributed by atoms with Gasteiger partial charge < -0.3 is 19.7 Å². The van der Waals surface area contributed by atoms with Crippen LogP contribution in [0, 0.1) is 5.92 Å². The number of carbonyl (C=O) groups excluding carboxylic acids is 3. The minimum atomic E-state index is -0.381. The summed E-state index contributed by atoms with van der Waals surface area (Å²) in [6, 6.07) is 21.7. The Morgan fingerprint density at radius 1 is 0.974 bits per heavy atom. The van der Waals surface area contributed by atoms with E-state index < -0.39 is 0 Å². The summed E-state index contributed by atoms with van der Waals surface area (Å²) in [7, 11) is 2.97. The molecule has 1 aliphatic carbocycles. The summed E-state index contributed by atoms with van der Waals surface area (Å²) in [6.45, 7) is 1.87. The number of nitrogens with zero attached hydrogens (tertiary/aromatic N) is 1. The maximum atomic E-state index is 13.0. The van der Waals surface area contributed by atoms with E-state index in [0.717, 1.165) is 34.2 Å². The number of hydrogen-bond donors (Lipinski definition) is 1. The third-order valence-electron chi connectivity index (χ3n) is 7.78. The predicted molar refractivity (Wildman–Crippen MR) is 148 cm³/mol. The standard InChI is InChI=1S/C32H34N2O5/c1-38-16-14-30(35)34-15-13-26-25(22-9-6-10-23(17-22)32(37)39-2)12-11-24(29(26)20-34)19-33-31(36)28-18-27(28)21-7-4-3-5-8-21/h3-12,17,27-28H,13-16,18-20H2,1-2H3,(H,33,36)/t27-,28+/m1/s1. The van der Waals surface area contributed by atoms with Gasteiger partial charge in [0.25, 0.3) is 0 Å². The number of amides is 2. The van der Waals surface area contributed by atoms with Gasteiger partial charge in [-0.2, -0.15) is 0 Å². The molecule has 0 bridgehead atoms. The quantitative estimate of drug-likeness (QED) is 0.416. The summed E-state index contributed by atoms with van der Waals surface area (Å²) in [5, 5.41) is 3.16. The van der Waals surface area contributed by atoms with Crippen LogP contribution in [-0.2, 0) is 38.6 Å². The fourth-order valence-corrected chi connectivity index (χ4v) is 5.54. The van der Waals surface area contributed by atoms with Gasteiger partial charge in [0.2, 0.25) is 11.8 Å². The molecule has 1 fully saturated rings. The van der Waals surface area contributed by atoms with Crippen molar-refractivity contribution >= 4 is 17.8 Å². The first-order valence-corrected chi connectivity index (χ1v) is 13.4. The number of esters is 1. The molecular formula is C32H34N2O5. The first kappa shape index (κ1) is 26.6. The van der Waals surface area contributed by atoms with Crippen molar-refractivity contribution in [2.24, 2.45) is 5.92 Å². The molecule has 7 nitrogen and oxygen atoms in total. The zero-order chi connectivity index (χ0) is 27.4. The number of carbonyl (C=O) groups is 3. The fraction of sp³-hybridized carbons (Fsp3) is 0.344. The Morgan fingerprint density at radius 2 is 1.79 bits per heavy atom. The molecule has 0 aromatic heterocycles. The van der Waals surface area contributed by atoms with Crippen LogP contribution in [0.25, 0.3) is 11.1 Å². The summed E-state index contributed by atoms with van der Waals surface area (Å²) < 4.78 is 10.0. The molecule has 2 amide bonds.